The monoisotopic (exact) mass is 282 g/mol. The van der Waals surface area contributed by atoms with E-state index in [2.05, 4.69) is 4.74 Å². The van der Waals surface area contributed by atoms with E-state index in [-0.39, 0.29) is 15.5 Å². The molecule has 0 fully saturated rings. The van der Waals surface area contributed by atoms with Crippen LogP contribution >= 0.6 is 22.3 Å². The minimum atomic E-state index is -3.94. The maximum Gasteiger partial charge on any atom is 0.337 e. The lowest BCUT2D eigenvalue weighted by Gasteiger charge is -2.07. The molecule has 7 heteroatoms. The quantitative estimate of drug-likeness (QED) is 0.617. The van der Waals surface area contributed by atoms with Gasteiger partial charge in [0, 0.05) is 15.7 Å². The molecule has 4 nitrogen and oxygen atoms in total. The normalized spacial score (nSPS) is 11.2. The van der Waals surface area contributed by atoms with Crippen molar-refractivity contribution in [2.45, 2.75) is 11.8 Å². The predicted molar refractivity (Wildman–Crippen MR) is 60.6 cm³/mol. The van der Waals surface area contributed by atoms with Gasteiger partial charge < -0.3 is 4.74 Å². The maximum absolute atomic E-state index is 11.2. The first-order chi connectivity index (χ1) is 7.27. The summed E-state index contributed by atoms with van der Waals surface area (Å²) in [5.41, 5.74) is 0.335. The third kappa shape index (κ3) is 2.66. The number of rotatable bonds is 2. The summed E-state index contributed by atoms with van der Waals surface area (Å²) in [6.07, 6.45) is 0. The molecule has 0 spiro atoms. The average Bonchev–Trinajstić information content (AvgIpc) is 2.18. The van der Waals surface area contributed by atoms with Gasteiger partial charge in [0.1, 0.15) is 0 Å². The molecule has 16 heavy (non-hydrogen) atoms. The number of methoxy groups -OCH3 is 1. The molecule has 0 unspecified atom stereocenters. The summed E-state index contributed by atoms with van der Waals surface area (Å²) < 4.78 is 26.9. The second-order valence-electron chi connectivity index (χ2n) is 3.01. The zero-order valence-electron chi connectivity index (χ0n) is 8.45. The second kappa shape index (κ2) is 4.61. The Bertz CT molecular complexity index is 537. The van der Waals surface area contributed by atoms with Crippen LogP contribution in [-0.2, 0) is 13.8 Å². The highest BCUT2D eigenvalue weighted by Crippen LogP contribution is 2.27. The maximum atomic E-state index is 11.2. The zero-order valence-corrected chi connectivity index (χ0v) is 10.8. The SMILES string of the molecule is COC(=O)c1cc(Cl)c(C)c(S(=O)(=O)Cl)c1. The number of ether oxygens (including phenoxy) is 1. The fourth-order valence-electron chi connectivity index (χ4n) is 1.14. The van der Waals surface area contributed by atoms with Crippen LogP contribution in [0.3, 0.4) is 0 Å². The largest absolute Gasteiger partial charge is 0.465 e. The lowest BCUT2D eigenvalue weighted by Crippen LogP contribution is -2.04. The van der Waals surface area contributed by atoms with Crippen LogP contribution in [0.5, 0.6) is 0 Å². The Balaban J connectivity index is 3.52. The highest BCUT2D eigenvalue weighted by atomic mass is 35.7. The van der Waals surface area contributed by atoms with Gasteiger partial charge in [-0.25, -0.2) is 13.2 Å². The molecule has 1 aromatic carbocycles. The van der Waals surface area contributed by atoms with E-state index in [1.807, 2.05) is 0 Å². The van der Waals surface area contributed by atoms with E-state index in [4.69, 9.17) is 22.3 Å². The van der Waals surface area contributed by atoms with Crippen LogP contribution in [0.2, 0.25) is 5.02 Å². The molecule has 0 heterocycles. The van der Waals surface area contributed by atoms with Crippen LogP contribution in [0.1, 0.15) is 15.9 Å². The van der Waals surface area contributed by atoms with E-state index < -0.39 is 15.0 Å². The summed E-state index contributed by atoms with van der Waals surface area (Å²) in [6.45, 7) is 1.50. The molecule has 0 N–H and O–H groups in total. The van der Waals surface area contributed by atoms with Gasteiger partial charge in [-0.3, -0.25) is 0 Å². The molecule has 1 rings (SSSR count). The van der Waals surface area contributed by atoms with Crippen molar-refractivity contribution in [3.05, 3.63) is 28.3 Å². The molecule has 0 aliphatic rings. The Labute approximate surface area is 103 Å². The smallest absolute Gasteiger partial charge is 0.337 e. The second-order valence-corrected chi connectivity index (χ2v) is 5.95. The van der Waals surface area contributed by atoms with Gasteiger partial charge in [0.25, 0.3) is 9.05 Å². The van der Waals surface area contributed by atoms with Crippen LogP contribution in [0.25, 0.3) is 0 Å². The van der Waals surface area contributed by atoms with Crippen LogP contribution < -0.4 is 0 Å². The molecule has 88 valence electrons. The molecule has 0 atom stereocenters. The topological polar surface area (TPSA) is 60.4 Å². The van der Waals surface area contributed by atoms with Crippen LogP contribution in [-0.4, -0.2) is 21.5 Å². The Morgan fingerprint density at radius 1 is 1.38 bits per heavy atom. The molecule has 0 bridgehead atoms. The van der Waals surface area contributed by atoms with Crippen molar-refractivity contribution < 1.29 is 17.9 Å². The predicted octanol–water partition coefficient (Wildman–Crippen LogP) is 2.36. The number of esters is 1. The van der Waals surface area contributed by atoms with Crippen molar-refractivity contribution in [3.63, 3.8) is 0 Å². The molecule has 0 amide bonds. The molecule has 0 aliphatic carbocycles. The number of hydrogen-bond acceptors (Lipinski definition) is 4. The van der Waals surface area contributed by atoms with E-state index >= 15 is 0 Å². The molecule has 0 saturated heterocycles. The van der Waals surface area contributed by atoms with Crippen molar-refractivity contribution in [2.24, 2.45) is 0 Å². The van der Waals surface area contributed by atoms with Crippen LogP contribution in [0, 0.1) is 6.92 Å². The Kier molecular flexibility index (Phi) is 3.83. The molecule has 0 aliphatic heterocycles. The lowest BCUT2D eigenvalue weighted by atomic mass is 10.1. The molecule has 0 radical (unpaired) electrons. The summed E-state index contributed by atoms with van der Waals surface area (Å²) in [5.74, 6) is -0.677. The van der Waals surface area contributed by atoms with E-state index in [0.29, 0.717) is 5.56 Å². The first-order valence-electron chi connectivity index (χ1n) is 4.10. The number of hydrogen-bond donors (Lipinski definition) is 0. The van der Waals surface area contributed by atoms with Gasteiger partial charge in [-0.2, -0.15) is 0 Å². The van der Waals surface area contributed by atoms with Gasteiger partial charge in [0.15, 0.2) is 0 Å². The van der Waals surface area contributed by atoms with Gasteiger partial charge >= 0.3 is 5.97 Å². The minimum absolute atomic E-state index is 0.0392. The lowest BCUT2D eigenvalue weighted by molar-refractivity contribution is 0.0600. The zero-order chi connectivity index (χ0) is 12.5. The Morgan fingerprint density at radius 2 is 1.94 bits per heavy atom. The third-order valence-electron chi connectivity index (χ3n) is 1.98. The summed E-state index contributed by atoms with van der Waals surface area (Å²) in [6, 6.07) is 2.46. The Hall–Kier alpha value is -0.780. The number of carbonyl (C=O) groups excluding carboxylic acids is 1. The molecular weight excluding hydrogens is 275 g/mol. The first kappa shape index (κ1) is 13.3. The molecule has 0 saturated carbocycles. The first-order valence-corrected chi connectivity index (χ1v) is 6.79. The van der Waals surface area contributed by atoms with Crippen LogP contribution in [0.15, 0.2) is 17.0 Å². The summed E-state index contributed by atoms with van der Waals surface area (Å²) in [5, 5.41) is 0.141. The molecule has 0 aromatic heterocycles. The minimum Gasteiger partial charge on any atom is -0.465 e. The van der Waals surface area contributed by atoms with Crippen molar-refractivity contribution in [1.29, 1.82) is 0 Å². The summed E-state index contributed by atoms with van der Waals surface area (Å²) in [7, 11) is 2.46. The fourth-order valence-corrected chi connectivity index (χ4v) is 2.64. The van der Waals surface area contributed by atoms with Gasteiger partial charge in [-0.1, -0.05) is 11.6 Å². The van der Waals surface area contributed by atoms with Crippen molar-refractivity contribution in [2.75, 3.05) is 7.11 Å². The van der Waals surface area contributed by atoms with Crippen molar-refractivity contribution >= 4 is 37.3 Å². The standard InChI is InChI=1S/C9H8Cl2O4S/c1-5-7(10)3-6(9(12)15-2)4-8(5)16(11,13)14/h3-4H,1-2H3. The van der Waals surface area contributed by atoms with E-state index in [1.165, 1.54) is 20.1 Å². The number of halogens is 2. The number of benzene rings is 1. The van der Waals surface area contributed by atoms with E-state index in [1.54, 1.807) is 0 Å². The van der Waals surface area contributed by atoms with Gasteiger partial charge in [-0.15, -0.1) is 0 Å². The average molecular weight is 283 g/mol. The van der Waals surface area contributed by atoms with E-state index in [9.17, 15) is 13.2 Å². The van der Waals surface area contributed by atoms with Crippen LogP contribution in [0.4, 0.5) is 0 Å². The summed E-state index contributed by atoms with van der Waals surface area (Å²) >= 11 is 5.80. The summed E-state index contributed by atoms with van der Waals surface area (Å²) in [4.78, 5) is 11.0. The Morgan fingerprint density at radius 3 is 2.38 bits per heavy atom. The van der Waals surface area contributed by atoms with E-state index in [0.717, 1.165) is 6.07 Å². The van der Waals surface area contributed by atoms with Gasteiger partial charge in [-0.05, 0) is 24.6 Å². The molecular formula is C9H8Cl2O4S. The number of carbonyl (C=O) groups is 1. The third-order valence-corrected chi connectivity index (χ3v) is 3.82. The molecule has 1 aromatic rings. The fraction of sp³-hybridized carbons (Fsp3) is 0.222. The van der Waals surface area contributed by atoms with Gasteiger partial charge in [0.05, 0.1) is 17.6 Å². The van der Waals surface area contributed by atoms with Crippen molar-refractivity contribution in [3.8, 4) is 0 Å². The highest BCUT2D eigenvalue weighted by Gasteiger charge is 2.19. The highest BCUT2D eigenvalue weighted by molar-refractivity contribution is 8.13. The van der Waals surface area contributed by atoms with Gasteiger partial charge in [0.2, 0.25) is 0 Å². The van der Waals surface area contributed by atoms with Crippen molar-refractivity contribution in [1.82, 2.24) is 0 Å².